The highest BCUT2D eigenvalue weighted by atomic mass is 19.1. The van der Waals surface area contributed by atoms with Gasteiger partial charge in [0.1, 0.15) is 38.5 Å². The fourth-order valence-electron chi connectivity index (χ4n) is 4.15. The molecule has 6 heteroatoms. The number of hydrogen-bond acceptors (Lipinski definition) is 2. The number of halogens is 1. The first kappa shape index (κ1) is 17.8. The van der Waals surface area contributed by atoms with Crippen LogP contribution in [0.2, 0.25) is 0 Å². The quantitative estimate of drug-likeness (QED) is 0.710. The summed E-state index contributed by atoms with van der Waals surface area (Å²) in [7, 11) is 0. The van der Waals surface area contributed by atoms with Crippen LogP contribution in [0.15, 0.2) is 54.6 Å². The van der Waals surface area contributed by atoms with Crippen molar-refractivity contribution in [1.82, 2.24) is 0 Å². The topological polar surface area (TPSA) is 46.3 Å². The second-order valence-corrected chi connectivity index (χ2v) is 7.37. The molecule has 2 fully saturated rings. The SMILES string of the molecule is O=C1C[C@H]([NH+]2CC[NH+](Cc3ccccc3)CC2)C(=O)N1c1ccc(F)cc1. The largest absolute Gasteiger partial charge is 0.322 e. The summed E-state index contributed by atoms with van der Waals surface area (Å²) in [4.78, 5) is 29.2. The van der Waals surface area contributed by atoms with Gasteiger partial charge in [-0.3, -0.25) is 9.59 Å². The minimum Gasteiger partial charge on any atom is -0.322 e. The van der Waals surface area contributed by atoms with Gasteiger partial charge in [-0.1, -0.05) is 30.3 Å². The summed E-state index contributed by atoms with van der Waals surface area (Å²) in [6, 6.07) is 15.7. The van der Waals surface area contributed by atoms with E-state index in [-0.39, 0.29) is 30.1 Å². The lowest BCUT2D eigenvalue weighted by Crippen LogP contribution is -3.29. The molecule has 2 amide bonds. The molecule has 2 aromatic carbocycles. The van der Waals surface area contributed by atoms with E-state index < -0.39 is 0 Å². The second kappa shape index (κ2) is 7.58. The molecule has 2 aliphatic rings. The predicted octanol–water partition coefficient (Wildman–Crippen LogP) is -0.559. The van der Waals surface area contributed by atoms with E-state index in [1.807, 2.05) is 6.07 Å². The van der Waals surface area contributed by atoms with E-state index in [0.29, 0.717) is 5.69 Å². The van der Waals surface area contributed by atoms with Crippen LogP contribution in [0.4, 0.5) is 10.1 Å². The summed E-state index contributed by atoms with van der Waals surface area (Å²) in [5, 5.41) is 0. The van der Waals surface area contributed by atoms with Crippen LogP contribution in [0.3, 0.4) is 0 Å². The Morgan fingerprint density at radius 1 is 0.926 bits per heavy atom. The number of piperazine rings is 1. The van der Waals surface area contributed by atoms with Gasteiger partial charge in [-0.2, -0.15) is 0 Å². The van der Waals surface area contributed by atoms with Gasteiger partial charge in [0, 0.05) is 5.56 Å². The van der Waals surface area contributed by atoms with Crippen LogP contribution in [0.5, 0.6) is 0 Å². The second-order valence-electron chi connectivity index (χ2n) is 7.37. The summed E-state index contributed by atoms with van der Waals surface area (Å²) in [5.41, 5.74) is 1.78. The Balaban J connectivity index is 1.38. The molecule has 0 bridgehead atoms. The van der Waals surface area contributed by atoms with E-state index >= 15 is 0 Å². The van der Waals surface area contributed by atoms with Gasteiger partial charge in [-0.15, -0.1) is 0 Å². The molecule has 140 valence electrons. The molecule has 0 radical (unpaired) electrons. The summed E-state index contributed by atoms with van der Waals surface area (Å²) >= 11 is 0. The molecule has 2 aliphatic heterocycles. The van der Waals surface area contributed by atoms with Crippen LogP contribution in [0, 0.1) is 5.82 Å². The summed E-state index contributed by atoms with van der Waals surface area (Å²) < 4.78 is 13.1. The van der Waals surface area contributed by atoms with Gasteiger partial charge in [-0.05, 0) is 24.3 Å². The van der Waals surface area contributed by atoms with Gasteiger partial charge in [-0.25, -0.2) is 9.29 Å². The molecule has 2 aromatic rings. The van der Waals surface area contributed by atoms with Gasteiger partial charge in [0.25, 0.3) is 5.91 Å². The Morgan fingerprint density at radius 2 is 1.59 bits per heavy atom. The number of carbonyl (C=O) groups is 2. The number of nitrogens with one attached hydrogen (secondary N) is 2. The Kier molecular flexibility index (Phi) is 5.01. The summed E-state index contributed by atoms with van der Waals surface area (Å²) in [5.74, 6) is -0.728. The van der Waals surface area contributed by atoms with Crippen molar-refractivity contribution in [2.24, 2.45) is 0 Å². The highest BCUT2D eigenvalue weighted by Crippen LogP contribution is 2.22. The van der Waals surface area contributed by atoms with E-state index in [1.165, 1.54) is 44.5 Å². The minimum absolute atomic E-state index is 0.159. The van der Waals surface area contributed by atoms with Gasteiger partial charge in [0.15, 0.2) is 6.04 Å². The van der Waals surface area contributed by atoms with Crippen molar-refractivity contribution < 1.29 is 23.8 Å². The maximum absolute atomic E-state index is 13.1. The van der Waals surface area contributed by atoms with Crippen LogP contribution in [0.1, 0.15) is 12.0 Å². The van der Waals surface area contributed by atoms with Gasteiger partial charge in [0.2, 0.25) is 5.91 Å². The van der Waals surface area contributed by atoms with Crippen molar-refractivity contribution in [2.75, 3.05) is 31.1 Å². The number of rotatable bonds is 4. The summed E-state index contributed by atoms with van der Waals surface area (Å²) in [6.07, 6.45) is 0.236. The molecule has 1 atom stereocenters. The number of quaternary nitrogens is 2. The van der Waals surface area contributed by atoms with Crippen molar-refractivity contribution in [3.8, 4) is 0 Å². The molecule has 0 aromatic heterocycles. The third-order valence-electron chi connectivity index (χ3n) is 5.62. The molecule has 5 nitrogen and oxygen atoms in total. The first-order valence-electron chi connectivity index (χ1n) is 9.46. The van der Waals surface area contributed by atoms with Crippen molar-refractivity contribution in [3.05, 3.63) is 66.0 Å². The van der Waals surface area contributed by atoms with Crippen molar-refractivity contribution in [1.29, 1.82) is 0 Å². The van der Waals surface area contributed by atoms with Crippen molar-refractivity contribution in [3.63, 3.8) is 0 Å². The van der Waals surface area contributed by atoms with Crippen LogP contribution in [0.25, 0.3) is 0 Å². The Labute approximate surface area is 158 Å². The predicted molar refractivity (Wildman–Crippen MR) is 98.8 cm³/mol. The fraction of sp³-hybridized carbons (Fsp3) is 0.333. The number of amides is 2. The summed E-state index contributed by atoms with van der Waals surface area (Å²) in [6.45, 7) is 4.72. The van der Waals surface area contributed by atoms with Gasteiger partial charge < -0.3 is 9.80 Å². The average Bonchev–Trinajstić information content (AvgIpc) is 2.98. The number of imide groups is 1. The fourth-order valence-corrected chi connectivity index (χ4v) is 4.15. The van der Waals surface area contributed by atoms with Crippen LogP contribution < -0.4 is 14.7 Å². The van der Waals surface area contributed by atoms with Crippen LogP contribution >= 0.6 is 0 Å². The molecule has 2 saturated heterocycles. The maximum Gasteiger partial charge on any atom is 0.292 e. The Morgan fingerprint density at radius 3 is 2.26 bits per heavy atom. The maximum atomic E-state index is 13.1. The molecule has 2 N–H and O–H groups in total. The standard InChI is InChI=1S/C21H22FN3O2/c22-17-6-8-18(9-7-17)25-20(26)14-19(21(25)27)24-12-10-23(11-13-24)15-16-4-2-1-3-5-16/h1-9,19H,10-15H2/p+2/t19-/m0/s1. The normalized spacial score (nSPS) is 25.8. The molecule has 0 aliphatic carbocycles. The zero-order valence-electron chi connectivity index (χ0n) is 15.2. The third-order valence-corrected chi connectivity index (χ3v) is 5.62. The molecular weight excluding hydrogens is 345 g/mol. The van der Waals surface area contributed by atoms with E-state index in [2.05, 4.69) is 24.3 Å². The molecule has 0 unspecified atom stereocenters. The van der Waals surface area contributed by atoms with E-state index in [4.69, 9.17) is 0 Å². The molecular formula is C21H24FN3O2+2. The molecule has 0 spiro atoms. The Hall–Kier alpha value is -2.57. The van der Waals surface area contributed by atoms with Crippen molar-refractivity contribution in [2.45, 2.75) is 19.0 Å². The van der Waals surface area contributed by atoms with Crippen molar-refractivity contribution >= 4 is 17.5 Å². The van der Waals surface area contributed by atoms with Gasteiger partial charge in [0.05, 0.1) is 12.1 Å². The smallest absolute Gasteiger partial charge is 0.292 e. The highest BCUT2D eigenvalue weighted by Gasteiger charge is 2.46. The lowest BCUT2D eigenvalue weighted by molar-refractivity contribution is -1.02. The number of carbonyl (C=O) groups excluding carboxylic acids is 2. The number of hydrogen-bond donors (Lipinski definition) is 2. The van der Waals surface area contributed by atoms with E-state index in [1.54, 1.807) is 0 Å². The van der Waals surface area contributed by atoms with Crippen LogP contribution in [-0.2, 0) is 16.1 Å². The van der Waals surface area contributed by atoms with Gasteiger partial charge >= 0.3 is 0 Å². The first-order chi connectivity index (χ1) is 13.1. The Bertz CT molecular complexity index is 817. The number of nitrogens with zero attached hydrogens (tertiary/aromatic N) is 1. The number of anilines is 1. The lowest BCUT2D eigenvalue weighted by atomic mass is 10.1. The third kappa shape index (κ3) is 3.77. The zero-order chi connectivity index (χ0) is 18.8. The average molecular weight is 369 g/mol. The molecule has 4 rings (SSSR count). The van der Waals surface area contributed by atoms with Crippen LogP contribution in [-0.4, -0.2) is 44.0 Å². The number of benzene rings is 2. The van der Waals surface area contributed by atoms with E-state index in [0.717, 1.165) is 32.7 Å². The lowest BCUT2D eigenvalue weighted by Gasteiger charge is -2.32. The molecule has 27 heavy (non-hydrogen) atoms. The zero-order valence-corrected chi connectivity index (χ0v) is 15.2. The molecule has 2 heterocycles. The minimum atomic E-state index is -0.377. The highest BCUT2D eigenvalue weighted by molar-refractivity contribution is 6.21. The first-order valence-corrected chi connectivity index (χ1v) is 9.46. The molecule has 0 saturated carbocycles. The monoisotopic (exact) mass is 369 g/mol. The van der Waals surface area contributed by atoms with E-state index in [9.17, 15) is 14.0 Å².